The number of halogens is 2. The quantitative estimate of drug-likeness (QED) is 0.731. The number of rotatable bonds is 2. The molecule has 1 nitrogen and oxygen atoms in total. The molecular formula is C11H13BrFN. The van der Waals surface area contributed by atoms with Crippen molar-refractivity contribution in [3.63, 3.8) is 0 Å². The van der Waals surface area contributed by atoms with E-state index < -0.39 is 0 Å². The molecule has 0 spiro atoms. The summed E-state index contributed by atoms with van der Waals surface area (Å²) in [5.74, 6) is 0.670. The van der Waals surface area contributed by atoms with Gasteiger partial charge >= 0.3 is 0 Å². The highest BCUT2D eigenvalue weighted by Crippen LogP contribution is 2.43. The average Bonchev–Trinajstić information content (AvgIpc) is 2.91. The van der Waals surface area contributed by atoms with Gasteiger partial charge < -0.3 is 0 Å². The number of pyridine rings is 1. The molecule has 0 aliphatic heterocycles. The van der Waals surface area contributed by atoms with E-state index in [0.717, 1.165) is 11.3 Å². The smallest absolute Gasteiger partial charge is 0.156 e. The van der Waals surface area contributed by atoms with Gasteiger partial charge in [-0.05, 0) is 46.3 Å². The standard InChI is InChI=1S/C11H13BrFN/c1-6(2)8-5-9(13)11(12)14-10(8)7-3-4-7/h5-7H,3-4H2,1-2H3. The summed E-state index contributed by atoms with van der Waals surface area (Å²) in [6.45, 7) is 4.16. The van der Waals surface area contributed by atoms with Crippen molar-refractivity contribution >= 4 is 15.9 Å². The number of hydrogen-bond acceptors (Lipinski definition) is 1. The van der Waals surface area contributed by atoms with Crippen LogP contribution in [0.25, 0.3) is 0 Å². The highest BCUT2D eigenvalue weighted by molar-refractivity contribution is 9.10. The SMILES string of the molecule is CC(C)c1cc(F)c(Br)nc1C1CC1. The van der Waals surface area contributed by atoms with Crippen molar-refractivity contribution in [1.82, 2.24) is 4.98 Å². The van der Waals surface area contributed by atoms with Gasteiger partial charge in [-0.15, -0.1) is 0 Å². The summed E-state index contributed by atoms with van der Waals surface area (Å²) >= 11 is 3.14. The predicted molar refractivity (Wildman–Crippen MR) is 58.0 cm³/mol. The fourth-order valence-corrected chi connectivity index (χ4v) is 1.95. The van der Waals surface area contributed by atoms with E-state index in [-0.39, 0.29) is 5.82 Å². The largest absolute Gasteiger partial charge is 0.242 e. The van der Waals surface area contributed by atoms with Crippen molar-refractivity contribution in [2.24, 2.45) is 0 Å². The molecule has 0 amide bonds. The third-order valence-corrected chi connectivity index (χ3v) is 3.14. The molecule has 2 rings (SSSR count). The van der Waals surface area contributed by atoms with E-state index in [9.17, 15) is 4.39 Å². The molecular weight excluding hydrogens is 245 g/mol. The van der Waals surface area contributed by atoms with Crippen LogP contribution in [-0.2, 0) is 0 Å². The Morgan fingerprint density at radius 3 is 2.64 bits per heavy atom. The summed E-state index contributed by atoms with van der Waals surface area (Å²) in [5, 5.41) is 0. The minimum Gasteiger partial charge on any atom is -0.242 e. The van der Waals surface area contributed by atoms with Crippen molar-refractivity contribution in [3.05, 3.63) is 27.7 Å². The minimum absolute atomic E-state index is 0.252. The Morgan fingerprint density at radius 2 is 2.14 bits per heavy atom. The van der Waals surface area contributed by atoms with Gasteiger partial charge in [0.25, 0.3) is 0 Å². The normalized spacial score (nSPS) is 16.4. The fraction of sp³-hybridized carbons (Fsp3) is 0.545. The Hall–Kier alpha value is -0.440. The van der Waals surface area contributed by atoms with Crippen LogP contribution in [-0.4, -0.2) is 4.98 Å². The zero-order chi connectivity index (χ0) is 10.3. The second-order valence-electron chi connectivity index (χ2n) is 4.16. The molecule has 76 valence electrons. The summed E-state index contributed by atoms with van der Waals surface area (Å²) < 4.78 is 13.6. The lowest BCUT2D eigenvalue weighted by Gasteiger charge is -2.12. The van der Waals surface area contributed by atoms with Gasteiger partial charge in [-0.1, -0.05) is 13.8 Å². The molecule has 3 heteroatoms. The third kappa shape index (κ3) is 1.83. The molecule has 1 heterocycles. The van der Waals surface area contributed by atoms with Crippen LogP contribution in [0.15, 0.2) is 10.7 Å². The van der Waals surface area contributed by atoms with Crippen molar-refractivity contribution in [2.75, 3.05) is 0 Å². The molecule has 1 aromatic rings. The molecule has 14 heavy (non-hydrogen) atoms. The summed E-state index contributed by atoms with van der Waals surface area (Å²) in [4.78, 5) is 4.30. The van der Waals surface area contributed by atoms with Gasteiger partial charge in [0, 0.05) is 11.6 Å². The molecule has 1 aromatic heterocycles. The van der Waals surface area contributed by atoms with Gasteiger partial charge in [0.05, 0.1) is 0 Å². The van der Waals surface area contributed by atoms with Crippen LogP contribution >= 0.6 is 15.9 Å². The van der Waals surface area contributed by atoms with Crippen LogP contribution in [0.3, 0.4) is 0 Å². The van der Waals surface area contributed by atoms with E-state index in [1.807, 2.05) is 0 Å². The second-order valence-corrected chi connectivity index (χ2v) is 4.92. The Labute approximate surface area is 91.9 Å². The third-order valence-electron chi connectivity index (χ3n) is 2.58. The lowest BCUT2D eigenvalue weighted by molar-refractivity contribution is 0.603. The van der Waals surface area contributed by atoms with Crippen LogP contribution in [0.5, 0.6) is 0 Å². The first-order chi connectivity index (χ1) is 6.59. The summed E-state index contributed by atoms with van der Waals surface area (Å²) in [6, 6.07) is 1.62. The molecule has 1 saturated carbocycles. The highest BCUT2D eigenvalue weighted by Gasteiger charge is 2.29. The summed E-state index contributed by atoms with van der Waals surface area (Å²) in [7, 11) is 0. The van der Waals surface area contributed by atoms with Crippen molar-refractivity contribution in [2.45, 2.75) is 38.5 Å². The van der Waals surface area contributed by atoms with Crippen molar-refractivity contribution in [3.8, 4) is 0 Å². The Kier molecular flexibility index (Phi) is 2.60. The van der Waals surface area contributed by atoms with Gasteiger partial charge in [-0.3, -0.25) is 0 Å². The summed E-state index contributed by atoms with van der Waals surface area (Å²) in [5.41, 5.74) is 2.15. The Morgan fingerprint density at radius 1 is 1.50 bits per heavy atom. The summed E-state index contributed by atoms with van der Waals surface area (Å²) in [6.07, 6.45) is 2.40. The molecule has 0 saturated heterocycles. The van der Waals surface area contributed by atoms with Crippen LogP contribution in [0.2, 0.25) is 0 Å². The zero-order valence-electron chi connectivity index (χ0n) is 8.35. The lowest BCUT2D eigenvalue weighted by Crippen LogP contribution is -2.01. The Bertz CT molecular complexity index is 332. The van der Waals surface area contributed by atoms with E-state index in [0.29, 0.717) is 16.4 Å². The van der Waals surface area contributed by atoms with E-state index in [1.165, 1.54) is 12.8 Å². The van der Waals surface area contributed by atoms with Gasteiger partial charge in [-0.2, -0.15) is 0 Å². The van der Waals surface area contributed by atoms with Crippen LogP contribution in [0, 0.1) is 5.82 Å². The van der Waals surface area contributed by atoms with E-state index in [2.05, 4.69) is 34.8 Å². The minimum atomic E-state index is -0.252. The molecule has 1 aliphatic carbocycles. The molecule has 1 aliphatic rings. The highest BCUT2D eigenvalue weighted by atomic mass is 79.9. The second kappa shape index (κ2) is 3.61. The van der Waals surface area contributed by atoms with E-state index >= 15 is 0 Å². The lowest BCUT2D eigenvalue weighted by atomic mass is 9.99. The molecule has 0 N–H and O–H groups in total. The molecule has 0 unspecified atom stereocenters. The van der Waals surface area contributed by atoms with Crippen LogP contribution < -0.4 is 0 Å². The first-order valence-corrected chi connectivity index (χ1v) is 5.74. The van der Waals surface area contributed by atoms with Crippen LogP contribution in [0.4, 0.5) is 4.39 Å². The average molecular weight is 258 g/mol. The maximum absolute atomic E-state index is 13.3. The van der Waals surface area contributed by atoms with Crippen molar-refractivity contribution < 1.29 is 4.39 Å². The fourth-order valence-electron chi connectivity index (χ4n) is 1.64. The van der Waals surface area contributed by atoms with Crippen molar-refractivity contribution in [1.29, 1.82) is 0 Å². The molecule has 1 fully saturated rings. The topological polar surface area (TPSA) is 12.9 Å². The molecule has 0 radical (unpaired) electrons. The maximum Gasteiger partial charge on any atom is 0.156 e. The molecule has 0 aromatic carbocycles. The molecule has 0 atom stereocenters. The van der Waals surface area contributed by atoms with Gasteiger partial charge in [0.1, 0.15) is 4.60 Å². The monoisotopic (exact) mass is 257 g/mol. The number of hydrogen-bond donors (Lipinski definition) is 0. The Balaban J connectivity index is 2.49. The van der Waals surface area contributed by atoms with E-state index in [4.69, 9.17) is 0 Å². The maximum atomic E-state index is 13.3. The number of aromatic nitrogens is 1. The van der Waals surface area contributed by atoms with Gasteiger partial charge in [0.15, 0.2) is 5.82 Å². The first-order valence-electron chi connectivity index (χ1n) is 4.95. The molecule has 0 bridgehead atoms. The van der Waals surface area contributed by atoms with Gasteiger partial charge in [-0.25, -0.2) is 9.37 Å². The first kappa shape index (κ1) is 10.1. The van der Waals surface area contributed by atoms with E-state index in [1.54, 1.807) is 6.07 Å². The number of nitrogens with zero attached hydrogens (tertiary/aromatic N) is 1. The van der Waals surface area contributed by atoms with Crippen LogP contribution in [0.1, 0.15) is 49.8 Å². The predicted octanol–water partition coefficient (Wildman–Crippen LogP) is 3.98. The van der Waals surface area contributed by atoms with Gasteiger partial charge in [0.2, 0.25) is 0 Å². The zero-order valence-corrected chi connectivity index (χ0v) is 9.94.